The molecule has 0 aliphatic heterocycles. The molecule has 19 heavy (non-hydrogen) atoms. The molecule has 0 radical (unpaired) electrons. The van der Waals surface area contributed by atoms with E-state index in [1.807, 2.05) is 6.92 Å². The van der Waals surface area contributed by atoms with Gasteiger partial charge in [0.2, 0.25) is 5.91 Å². The Morgan fingerprint density at radius 3 is 2.37 bits per heavy atom. The first-order valence-corrected chi connectivity index (χ1v) is 5.88. The summed E-state index contributed by atoms with van der Waals surface area (Å²) in [6, 6.07) is 6.10. The van der Waals surface area contributed by atoms with Gasteiger partial charge in [-0.25, -0.2) is 0 Å². The van der Waals surface area contributed by atoms with Crippen LogP contribution in [0.5, 0.6) is 0 Å². The molecule has 0 saturated heterocycles. The quantitative estimate of drug-likeness (QED) is 0.751. The fourth-order valence-electron chi connectivity index (χ4n) is 1.34. The molecule has 2 amide bonds. The molecule has 6 heteroatoms. The van der Waals surface area contributed by atoms with Crippen LogP contribution in [0.15, 0.2) is 24.3 Å². The van der Waals surface area contributed by atoms with Crippen LogP contribution in [0.4, 0.5) is 5.69 Å². The number of nitrogens with one attached hydrogen (secondary N) is 1. The second-order valence-corrected chi connectivity index (χ2v) is 3.90. The van der Waals surface area contributed by atoms with Crippen LogP contribution in [0.2, 0.25) is 0 Å². The summed E-state index contributed by atoms with van der Waals surface area (Å²) in [6.07, 6.45) is 0.968. The zero-order valence-corrected chi connectivity index (χ0v) is 10.6. The van der Waals surface area contributed by atoms with Crippen molar-refractivity contribution in [2.75, 3.05) is 11.9 Å². The molecular weight excluding hydrogens is 248 g/mol. The number of rotatable bonds is 6. The average Bonchev–Trinajstić information content (AvgIpc) is 2.37. The highest BCUT2D eigenvalue weighted by Crippen LogP contribution is 2.09. The molecular formula is C13H16N2O4. The highest BCUT2D eigenvalue weighted by atomic mass is 16.5. The molecule has 1 rings (SSSR count). The predicted octanol–water partition coefficient (Wildman–Crippen LogP) is 1.07. The number of anilines is 1. The van der Waals surface area contributed by atoms with Crippen molar-refractivity contribution < 1.29 is 19.1 Å². The van der Waals surface area contributed by atoms with Gasteiger partial charge in [0.15, 0.2) is 6.61 Å². The third-order valence-electron chi connectivity index (χ3n) is 2.27. The van der Waals surface area contributed by atoms with Crippen LogP contribution in [0.3, 0.4) is 0 Å². The summed E-state index contributed by atoms with van der Waals surface area (Å²) < 4.78 is 4.75. The first-order chi connectivity index (χ1) is 9.02. The lowest BCUT2D eigenvalue weighted by Gasteiger charge is -2.06. The highest BCUT2D eigenvalue weighted by molar-refractivity contribution is 5.95. The molecule has 0 spiro atoms. The fraction of sp³-hybridized carbons (Fsp3) is 0.308. The SMILES string of the molecule is CCCC(=O)OCC(=O)Nc1ccc(C(N)=O)cc1. The summed E-state index contributed by atoms with van der Waals surface area (Å²) in [5, 5.41) is 2.54. The van der Waals surface area contributed by atoms with Crippen LogP contribution in [-0.4, -0.2) is 24.4 Å². The summed E-state index contributed by atoms with van der Waals surface area (Å²) >= 11 is 0. The molecule has 3 N–H and O–H groups in total. The minimum atomic E-state index is -0.536. The number of hydrogen-bond donors (Lipinski definition) is 2. The molecule has 0 aliphatic rings. The van der Waals surface area contributed by atoms with Crippen LogP contribution in [0.25, 0.3) is 0 Å². The summed E-state index contributed by atoms with van der Waals surface area (Å²) in [4.78, 5) is 33.4. The van der Waals surface area contributed by atoms with Gasteiger partial charge in [-0.3, -0.25) is 14.4 Å². The third kappa shape index (κ3) is 5.20. The number of benzene rings is 1. The summed E-state index contributed by atoms with van der Waals surface area (Å²) in [7, 11) is 0. The highest BCUT2D eigenvalue weighted by Gasteiger charge is 2.07. The topological polar surface area (TPSA) is 98.5 Å². The Morgan fingerprint density at radius 2 is 1.84 bits per heavy atom. The van der Waals surface area contributed by atoms with Crippen molar-refractivity contribution in [3.8, 4) is 0 Å². The summed E-state index contributed by atoms with van der Waals surface area (Å²) in [5.74, 6) is -1.37. The number of carbonyl (C=O) groups is 3. The van der Waals surface area contributed by atoms with Crippen LogP contribution < -0.4 is 11.1 Å². The van der Waals surface area contributed by atoms with E-state index < -0.39 is 17.8 Å². The number of hydrogen-bond acceptors (Lipinski definition) is 4. The lowest BCUT2D eigenvalue weighted by Crippen LogP contribution is -2.20. The van der Waals surface area contributed by atoms with Gasteiger partial charge in [0.25, 0.3) is 5.91 Å². The monoisotopic (exact) mass is 264 g/mol. The van der Waals surface area contributed by atoms with Gasteiger partial charge in [0.05, 0.1) is 0 Å². The Kier molecular flexibility index (Phi) is 5.53. The molecule has 1 aromatic rings. The van der Waals surface area contributed by atoms with E-state index in [9.17, 15) is 14.4 Å². The van der Waals surface area contributed by atoms with Gasteiger partial charge in [0.1, 0.15) is 0 Å². The molecule has 0 saturated carbocycles. The van der Waals surface area contributed by atoms with Gasteiger partial charge < -0.3 is 15.8 Å². The minimum absolute atomic E-state index is 0.292. The Morgan fingerprint density at radius 1 is 1.21 bits per heavy atom. The van der Waals surface area contributed by atoms with Crippen molar-refractivity contribution in [3.05, 3.63) is 29.8 Å². The van der Waals surface area contributed by atoms with E-state index >= 15 is 0 Å². The zero-order chi connectivity index (χ0) is 14.3. The van der Waals surface area contributed by atoms with Gasteiger partial charge in [0, 0.05) is 17.7 Å². The van der Waals surface area contributed by atoms with E-state index in [1.54, 1.807) is 12.1 Å². The maximum atomic E-state index is 11.5. The van der Waals surface area contributed by atoms with E-state index in [1.165, 1.54) is 12.1 Å². The fourth-order valence-corrected chi connectivity index (χ4v) is 1.34. The predicted molar refractivity (Wildman–Crippen MR) is 69.5 cm³/mol. The normalized spacial score (nSPS) is 9.74. The van der Waals surface area contributed by atoms with Gasteiger partial charge >= 0.3 is 5.97 Å². The Bertz CT molecular complexity index is 468. The van der Waals surface area contributed by atoms with Crippen LogP contribution in [-0.2, 0) is 14.3 Å². The zero-order valence-electron chi connectivity index (χ0n) is 10.6. The number of carbonyl (C=O) groups excluding carboxylic acids is 3. The lowest BCUT2D eigenvalue weighted by atomic mass is 10.2. The van der Waals surface area contributed by atoms with Crippen LogP contribution in [0.1, 0.15) is 30.1 Å². The second-order valence-electron chi connectivity index (χ2n) is 3.90. The number of nitrogens with two attached hydrogens (primary N) is 1. The first-order valence-electron chi connectivity index (χ1n) is 5.88. The van der Waals surface area contributed by atoms with Crippen molar-refractivity contribution >= 4 is 23.5 Å². The third-order valence-corrected chi connectivity index (χ3v) is 2.27. The smallest absolute Gasteiger partial charge is 0.306 e. The van der Waals surface area contributed by atoms with Crippen molar-refractivity contribution in [1.82, 2.24) is 0 Å². The van der Waals surface area contributed by atoms with E-state index in [4.69, 9.17) is 10.5 Å². The molecule has 6 nitrogen and oxygen atoms in total. The maximum Gasteiger partial charge on any atom is 0.306 e. The largest absolute Gasteiger partial charge is 0.456 e. The van der Waals surface area contributed by atoms with E-state index in [2.05, 4.69) is 5.32 Å². The molecule has 0 heterocycles. The Labute approximate surface area is 110 Å². The molecule has 0 aliphatic carbocycles. The van der Waals surface area contributed by atoms with Crippen molar-refractivity contribution in [2.24, 2.45) is 5.73 Å². The van der Waals surface area contributed by atoms with Crippen molar-refractivity contribution in [3.63, 3.8) is 0 Å². The number of amides is 2. The second kappa shape index (κ2) is 7.15. The van der Waals surface area contributed by atoms with Crippen LogP contribution in [0, 0.1) is 0 Å². The van der Waals surface area contributed by atoms with E-state index in [0.29, 0.717) is 24.1 Å². The Balaban J connectivity index is 2.44. The average molecular weight is 264 g/mol. The number of primary amides is 1. The molecule has 0 bridgehead atoms. The van der Waals surface area contributed by atoms with Gasteiger partial charge in [-0.1, -0.05) is 6.92 Å². The molecule has 0 fully saturated rings. The number of ether oxygens (including phenoxy) is 1. The van der Waals surface area contributed by atoms with Crippen molar-refractivity contribution in [1.29, 1.82) is 0 Å². The minimum Gasteiger partial charge on any atom is -0.456 e. The van der Waals surface area contributed by atoms with E-state index in [-0.39, 0.29) is 6.61 Å². The molecule has 0 atom stereocenters. The Hall–Kier alpha value is -2.37. The lowest BCUT2D eigenvalue weighted by molar-refractivity contribution is -0.147. The van der Waals surface area contributed by atoms with Gasteiger partial charge in [-0.2, -0.15) is 0 Å². The molecule has 0 unspecified atom stereocenters. The molecule has 1 aromatic carbocycles. The van der Waals surface area contributed by atoms with E-state index in [0.717, 1.165) is 0 Å². The molecule has 102 valence electrons. The van der Waals surface area contributed by atoms with Crippen LogP contribution >= 0.6 is 0 Å². The number of esters is 1. The summed E-state index contributed by atoms with van der Waals surface area (Å²) in [6.45, 7) is 1.53. The van der Waals surface area contributed by atoms with Crippen molar-refractivity contribution in [2.45, 2.75) is 19.8 Å². The molecule has 0 aromatic heterocycles. The standard InChI is InChI=1S/C13H16N2O4/c1-2-3-12(17)19-8-11(16)15-10-6-4-9(5-7-10)13(14)18/h4-7H,2-3,8H2,1H3,(H2,14,18)(H,15,16). The summed E-state index contributed by atoms with van der Waals surface area (Å²) in [5.41, 5.74) is 5.95. The maximum absolute atomic E-state index is 11.5. The first kappa shape index (κ1) is 14.7. The van der Waals surface area contributed by atoms with Gasteiger partial charge in [-0.15, -0.1) is 0 Å². The van der Waals surface area contributed by atoms with Gasteiger partial charge in [-0.05, 0) is 30.7 Å².